The van der Waals surface area contributed by atoms with Crippen LogP contribution in [0.4, 0.5) is 0 Å². The Hall–Kier alpha value is -0.950. The number of hydrogen-bond donors (Lipinski definition) is 1. The van der Waals surface area contributed by atoms with E-state index in [2.05, 4.69) is 10.2 Å². The normalized spacial score (nSPS) is 18.7. The van der Waals surface area contributed by atoms with Crippen molar-refractivity contribution in [2.24, 2.45) is 0 Å². The van der Waals surface area contributed by atoms with E-state index in [0.717, 1.165) is 12.8 Å². The fraction of sp³-hybridized carbons (Fsp3) is 0.778. The van der Waals surface area contributed by atoms with E-state index < -0.39 is 15.1 Å². The van der Waals surface area contributed by atoms with E-state index in [1.54, 1.807) is 11.5 Å². The Balaban J connectivity index is 2.44. The van der Waals surface area contributed by atoms with Crippen LogP contribution in [-0.2, 0) is 16.4 Å². The Bertz CT molecular complexity index is 490. The number of aliphatic hydroxyl groups is 1. The van der Waals surface area contributed by atoms with Gasteiger partial charge in [-0.2, -0.15) is 0 Å². The van der Waals surface area contributed by atoms with Crippen molar-refractivity contribution in [2.75, 3.05) is 6.26 Å². The van der Waals surface area contributed by atoms with Gasteiger partial charge in [-0.3, -0.25) is 0 Å². The molecule has 1 fully saturated rings. The molecular formula is C9H15N3O3S. The molecule has 0 saturated heterocycles. The Labute approximate surface area is 94.2 Å². The Kier molecular flexibility index (Phi) is 2.75. The first kappa shape index (κ1) is 11.5. The van der Waals surface area contributed by atoms with Gasteiger partial charge < -0.3 is 9.67 Å². The molecule has 0 aromatic carbocycles. The lowest BCUT2D eigenvalue weighted by atomic mass is 10.4. The van der Waals surface area contributed by atoms with Crippen LogP contribution in [0.25, 0.3) is 0 Å². The first-order chi connectivity index (χ1) is 7.45. The van der Waals surface area contributed by atoms with Gasteiger partial charge in [0.1, 0.15) is 11.9 Å². The summed E-state index contributed by atoms with van der Waals surface area (Å²) in [7, 11) is -3.18. The van der Waals surface area contributed by atoms with E-state index in [1.165, 1.54) is 6.26 Å². The predicted molar refractivity (Wildman–Crippen MR) is 57.5 cm³/mol. The summed E-state index contributed by atoms with van der Waals surface area (Å²) in [6, 6.07) is 0.261. The Morgan fingerprint density at radius 3 is 2.56 bits per heavy atom. The molecule has 1 aromatic rings. The highest BCUT2D eigenvalue weighted by atomic mass is 32.2. The quantitative estimate of drug-likeness (QED) is 0.819. The van der Waals surface area contributed by atoms with Crippen LogP contribution in [0.5, 0.6) is 0 Å². The highest BCUT2D eigenvalue weighted by molar-refractivity contribution is 7.90. The summed E-state index contributed by atoms with van der Waals surface area (Å²) in [5.74, 6) is 0.891. The van der Waals surface area contributed by atoms with E-state index >= 15 is 0 Å². The molecule has 1 atom stereocenters. The maximum absolute atomic E-state index is 11.5. The number of rotatable bonds is 4. The highest BCUT2D eigenvalue weighted by Gasteiger charge is 2.33. The molecule has 1 N–H and O–H groups in total. The SMILES string of the molecule is CC(c1nnc(CO)n1C1CC1)S(C)(=O)=O. The number of nitrogens with zero attached hydrogens (tertiary/aromatic N) is 3. The molecule has 7 heteroatoms. The summed E-state index contributed by atoms with van der Waals surface area (Å²) in [6.07, 6.45) is 3.17. The lowest BCUT2D eigenvalue weighted by Crippen LogP contribution is -2.15. The number of aliphatic hydroxyl groups excluding tert-OH is 1. The van der Waals surface area contributed by atoms with Gasteiger partial charge in [-0.25, -0.2) is 8.42 Å². The zero-order chi connectivity index (χ0) is 11.9. The predicted octanol–water partition coefficient (Wildman–Crippen LogP) is 0.211. The maximum atomic E-state index is 11.5. The molecular weight excluding hydrogens is 230 g/mol. The minimum absolute atomic E-state index is 0.208. The van der Waals surface area contributed by atoms with E-state index in [1.807, 2.05) is 0 Å². The first-order valence-corrected chi connectivity index (χ1v) is 7.14. The average molecular weight is 245 g/mol. The molecule has 90 valence electrons. The molecule has 1 aromatic heterocycles. The number of aromatic nitrogens is 3. The molecule has 0 spiro atoms. The standard InChI is InChI=1S/C9H15N3O3S/c1-6(16(2,14)15)9-11-10-8(5-13)12(9)7-3-4-7/h6-7,13H,3-5H2,1-2H3. The Morgan fingerprint density at radius 1 is 1.50 bits per heavy atom. The molecule has 1 unspecified atom stereocenters. The molecule has 1 saturated carbocycles. The fourth-order valence-corrected chi connectivity index (χ4v) is 2.19. The van der Waals surface area contributed by atoms with Crippen molar-refractivity contribution in [1.29, 1.82) is 0 Å². The summed E-state index contributed by atoms with van der Waals surface area (Å²) in [6.45, 7) is 1.39. The zero-order valence-electron chi connectivity index (χ0n) is 9.29. The summed E-state index contributed by atoms with van der Waals surface area (Å²) >= 11 is 0. The van der Waals surface area contributed by atoms with Crippen LogP contribution >= 0.6 is 0 Å². The molecule has 1 aliphatic carbocycles. The highest BCUT2D eigenvalue weighted by Crippen LogP contribution is 2.38. The third kappa shape index (κ3) is 1.97. The van der Waals surface area contributed by atoms with Crippen molar-refractivity contribution in [1.82, 2.24) is 14.8 Å². The Morgan fingerprint density at radius 2 is 2.12 bits per heavy atom. The van der Waals surface area contributed by atoms with Gasteiger partial charge in [0.2, 0.25) is 0 Å². The van der Waals surface area contributed by atoms with Crippen LogP contribution in [0.15, 0.2) is 0 Å². The van der Waals surface area contributed by atoms with Crippen LogP contribution in [0.2, 0.25) is 0 Å². The minimum Gasteiger partial charge on any atom is -0.388 e. The smallest absolute Gasteiger partial charge is 0.159 e. The van der Waals surface area contributed by atoms with E-state index in [9.17, 15) is 8.42 Å². The lowest BCUT2D eigenvalue weighted by molar-refractivity contribution is 0.264. The molecule has 1 heterocycles. The number of hydrogen-bond acceptors (Lipinski definition) is 5. The van der Waals surface area contributed by atoms with Gasteiger partial charge in [0.15, 0.2) is 21.5 Å². The van der Waals surface area contributed by atoms with Gasteiger partial charge in [-0.1, -0.05) is 0 Å². The summed E-state index contributed by atoms with van der Waals surface area (Å²) in [4.78, 5) is 0. The molecule has 0 amide bonds. The van der Waals surface area contributed by atoms with Gasteiger partial charge in [-0.15, -0.1) is 10.2 Å². The second kappa shape index (κ2) is 3.81. The van der Waals surface area contributed by atoms with Gasteiger partial charge in [0.25, 0.3) is 0 Å². The van der Waals surface area contributed by atoms with Crippen LogP contribution in [0.3, 0.4) is 0 Å². The molecule has 0 aliphatic heterocycles. The van der Waals surface area contributed by atoms with Crippen LogP contribution in [-0.4, -0.2) is 34.5 Å². The monoisotopic (exact) mass is 245 g/mol. The summed E-state index contributed by atoms with van der Waals surface area (Å²) in [5.41, 5.74) is 0. The molecule has 16 heavy (non-hydrogen) atoms. The summed E-state index contributed by atoms with van der Waals surface area (Å²) in [5, 5.41) is 16.2. The first-order valence-electron chi connectivity index (χ1n) is 5.18. The second-order valence-corrected chi connectivity index (χ2v) is 6.57. The van der Waals surface area contributed by atoms with Gasteiger partial charge in [0.05, 0.1) is 0 Å². The van der Waals surface area contributed by atoms with Crippen molar-refractivity contribution in [3.05, 3.63) is 11.6 Å². The molecule has 0 bridgehead atoms. The van der Waals surface area contributed by atoms with E-state index in [0.29, 0.717) is 11.6 Å². The fourth-order valence-electron chi connectivity index (χ4n) is 1.64. The zero-order valence-corrected chi connectivity index (χ0v) is 10.1. The maximum Gasteiger partial charge on any atom is 0.159 e. The van der Waals surface area contributed by atoms with E-state index in [4.69, 9.17) is 5.11 Å². The average Bonchev–Trinajstić information content (AvgIpc) is 2.95. The third-order valence-electron chi connectivity index (χ3n) is 2.85. The van der Waals surface area contributed by atoms with Crippen molar-refractivity contribution in [3.63, 3.8) is 0 Å². The van der Waals surface area contributed by atoms with E-state index in [-0.39, 0.29) is 12.6 Å². The van der Waals surface area contributed by atoms with Crippen molar-refractivity contribution in [3.8, 4) is 0 Å². The number of sulfone groups is 1. The molecule has 1 aliphatic rings. The van der Waals surface area contributed by atoms with Crippen LogP contribution in [0, 0.1) is 0 Å². The third-order valence-corrected chi connectivity index (χ3v) is 4.35. The minimum atomic E-state index is -3.18. The van der Waals surface area contributed by atoms with Gasteiger partial charge in [0, 0.05) is 12.3 Å². The molecule has 2 rings (SSSR count). The second-order valence-electron chi connectivity index (χ2n) is 4.21. The topological polar surface area (TPSA) is 85.1 Å². The molecule has 0 radical (unpaired) electrons. The van der Waals surface area contributed by atoms with Crippen molar-refractivity contribution in [2.45, 2.75) is 37.7 Å². The van der Waals surface area contributed by atoms with Crippen LogP contribution < -0.4 is 0 Å². The van der Waals surface area contributed by atoms with Crippen molar-refractivity contribution >= 4 is 9.84 Å². The van der Waals surface area contributed by atoms with Crippen molar-refractivity contribution < 1.29 is 13.5 Å². The van der Waals surface area contributed by atoms with Gasteiger partial charge in [-0.05, 0) is 19.8 Å². The van der Waals surface area contributed by atoms with Crippen LogP contribution in [0.1, 0.15) is 42.7 Å². The largest absolute Gasteiger partial charge is 0.388 e. The van der Waals surface area contributed by atoms with Gasteiger partial charge >= 0.3 is 0 Å². The molecule has 6 nitrogen and oxygen atoms in total. The summed E-state index contributed by atoms with van der Waals surface area (Å²) < 4.78 is 24.7. The lowest BCUT2D eigenvalue weighted by Gasteiger charge is -2.12.